The van der Waals surface area contributed by atoms with E-state index in [0.29, 0.717) is 6.61 Å². The number of aromatic nitrogens is 3. The zero-order valence-electron chi connectivity index (χ0n) is 11.8. The van der Waals surface area contributed by atoms with Crippen molar-refractivity contribution in [3.63, 3.8) is 0 Å². The van der Waals surface area contributed by atoms with E-state index in [-0.39, 0.29) is 6.04 Å². The van der Waals surface area contributed by atoms with E-state index in [0.717, 1.165) is 23.2 Å². The molecule has 2 aromatic rings. The third-order valence-corrected chi connectivity index (χ3v) is 3.74. The van der Waals surface area contributed by atoms with E-state index in [1.54, 1.807) is 18.4 Å². The van der Waals surface area contributed by atoms with Crippen LogP contribution in [0.2, 0.25) is 0 Å². The van der Waals surface area contributed by atoms with Crippen LogP contribution in [0.5, 0.6) is 0 Å². The Hall–Kier alpha value is -1.40. The Balaban J connectivity index is 2.07. The van der Waals surface area contributed by atoms with Gasteiger partial charge in [0.1, 0.15) is 0 Å². The van der Waals surface area contributed by atoms with E-state index in [9.17, 15) is 0 Å². The molecule has 0 aromatic carbocycles. The number of anilines is 1. The van der Waals surface area contributed by atoms with Crippen molar-refractivity contribution in [2.45, 2.75) is 33.4 Å². The predicted molar refractivity (Wildman–Crippen MR) is 77.7 cm³/mol. The number of imidazole rings is 1. The minimum absolute atomic E-state index is 0.261. The Bertz CT molecular complexity index is 534. The molecule has 2 rings (SSSR count). The molecule has 0 aliphatic carbocycles. The number of methoxy groups -OCH3 is 1. The second kappa shape index (κ2) is 6.16. The summed E-state index contributed by atoms with van der Waals surface area (Å²) in [5, 5.41) is 4.46. The molecule has 0 saturated carbocycles. The lowest BCUT2D eigenvalue weighted by molar-refractivity contribution is 0.163. The molecule has 5 nitrogen and oxygen atoms in total. The standard InChI is InChI=1S/C13H20N4OS/c1-9-7-17(10(2)8-18-4)13(16-9)15-6-12-5-14-11(3)19-12/h5,7,10H,6,8H2,1-4H3,(H,15,16). The van der Waals surface area contributed by atoms with Gasteiger partial charge in [0.15, 0.2) is 0 Å². The average Bonchev–Trinajstić information content (AvgIpc) is 2.93. The predicted octanol–water partition coefficient (Wildman–Crippen LogP) is 2.78. The fraction of sp³-hybridized carbons (Fsp3) is 0.538. The number of ether oxygens (including phenoxy) is 1. The van der Waals surface area contributed by atoms with Crippen molar-refractivity contribution in [2.75, 3.05) is 19.0 Å². The zero-order valence-corrected chi connectivity index (χ0v) is 12.6. The topological polar surface area (TPSA) is 52.0 Å². The highest BCUT2D eigenvalue weighted by molar-refractivity contribution is 7.11. The zero-order chi connectivity index (χ0) is 13.8. The van der Waals surface area contributed by atoms with E-state index < -0.39 is 0 Å². The van der Waals surface area contributed by atoms with Crippen molar-refractivity contribution in [2.24, 2.45) is 0 Å². The molecular formula is C13H20N4OS. The highest BCUT2D eigenvalue weighted by Gasteiger charge is 2.11. The van der Waals surface area contributed by atoms with E-state index in [4.69, 9.17) is 4.74 Å². The van der Waals surface area contributed by atoms with Gasteiger partial charge in [-0.25, -0.2) is 9.97 Å². The third kappa shape index (κ3) is 3.54. The first kappa shape index (κ1) is 14.0. The maximum absolute atomic E-state index is 5.20. The number of hydrogen-bond acceptors (Lipinski definition) is 5. The Labute approximate surface area is 117 Å². The number of nitrogens with zero attached hydrogens (tertiary/aromatic N) is 3. The molecule has 19 heavy (non-hydrogen) atoms. The summed E-state index contributed by atoms with van der Waals surface area (Å²) in [4.78, 5) is 9.98. The van der Waals surface area contributed by atoms with Gasteiger partial charge in [-0.1, -0.05) is 0 Å². The smallest absolute Gasteiger partial charge is 0.203 e. The quantitative estimate of drug-likeness (QED) is 0.884. The Morgan fingerprint density at radius 2 is 2.26 bits per heavy atom. The summed E-state index contributed by atoms with van der Waals surface area (Å²) < 4.78 is 7.32. The number of thiazole rings is 1. The molecule has 2 aromatic heterocycles. The second-order valence-corrected chi connectivity index (χ2v) is 5.94. The average molecular weight is 280 g/mol. The molecule has 0 radical (unpaired) electrons. The molecule has 0 fully saturated rings. The second-order valence-electron chi connectivity index (χ2n) is 4.62. The third-order valence-electron chi connectivity index (χ3n) is 2.83. The first-order valence-corrected chi connectivity index (χ1v) is 7.11. The molecule has 6 heteroatoms. The molecule has 0 aliphatic rings. The van der Waals surface area contributed by atoms with Crippen LogP contribution >= 0.6 is 11.3 Å². The maximum Gasteiger partial charge on any atom is 0.203 e. The molecule has 2 heterocycles. The van der Waals surface area contributed by atoms with Gasteiger partial charge in [0.2, 0.25) is 5.95 Å². The van der Waals surface area contributed by atoms with Gasteiger partial charge in [-0.15, -0.1) is 11.3 Å². The van der Waals surface area contributed by atoms with Crippen LogP contribution in [0.4, 0.5) is 5.95 Å². The maximum atomic E-state index is 5.20. The van der Waals surface area contributed by atoms with Crippen LogP contribution in [0.1, 0.15) is 28.5 Å². The molecule has 1 N–H and O–H groups in total. The van der Waals surface area contributed by atoms with Crippen LogP contribution in [0, 0.1) is 13.8 Å². The SMILES string of the molecule is COCC(C)n1cc(C)nc1NCc1cnc(C)s1. The Morgan fingerprint density at radius 1 is 1.47 bits per heavy atom. The van der Waals surface area contributed by atoms with Gasteiger partial charge >= 0.3 is 0 Å². The van der Waals surface area contributed by atoms with Crippen LogP contribution in [-0.4, -0.2) is 28.3 Å². The lowest BCUT2D eigenvalue weighted by Gasteiger charge is -2.15. The largest absolute Gasteiger partial charge is 0.383 e. The van der Waals surface area contributed by atoms with Gasteiger partial charge in [0, 0.05) is 24.4 Å². The number of rotatable bonds is 6. The molecule has 0 spiro atoms. The van der Waals surface area contributed by atoms with Crippen molar-refractivity contribution >= 4 is 17.3 Å². The molecular weight excluding hydrogens is 260 g/mol. The molecule has 104 valence electrons. The lowest BCUT2D eigenvalue weighted by Crippen LogP contribution is -2.14. The number of aryl methyl sites for hydroxylation is 2. The summed E-state index contributed by atoms with van der Waals surface area (Å²) in [5.41, 5.74) is 1.01. The molecule has 0 amide bonds. The highest BCUT2D eigenvalue weighted by atomic mass is 32.1. The molecule has 1 unspecified atom stereocenters. The first-order chi connectivity index (χ1) is 9.10. The van der Waals surface area contributed by atoms with Gasteiger partial charge in [-0.3, -0.25) is 0 Å². The Kier molecular flexibility index (Phi) is 4.55. The van der Waals surface area contributed by atoms with Gasteiger partial charge in [0.05, 0.1) is 29.9 Å². The van der Waals surface area contributed by atoms with Crippen molar-refractivity contribution in [1.82, 2.24) is 14.5 Å². The number of hydrogen-bond donors (Lipinski definition) is 1. The molecule has 0 aliphatic heterocycles. The van der Waals surface area contributed by atoms with Gasteiger partial charge < -0.3 is 14.6 Å². The van der Waals surface area contributed by atoms with Gasteiger partial charge in [-0.2, -0.15) is 0 Å². The van der Waals surface area contributed by atoms with Crippen LogP contribution in [-0.2, 0) is 11.3 Å². The minimum atomic E-state index is 0.261. The van der Waals surface area contributed by atoms with E-state index >= 15 is 0 Å². The van der Waals surface area contributed by atoms with Crippen molar-refractivity contribution < 1.29 is 4.74 Å². The molecule has 0 bridgehead atoms. The lowest BCUT2D eigenvalue weighted by atomic mass is 10.3. The summed E-state index contributed by atoms with van der Waals surface area (Å²) in [6.07, 6.45) is 3.95. The summed E-state index contributed by atoms with van der Waals surface area (Å²) in [6, 6.07) is 0.261. The summed E-state index contributed by atoms with van der Waals surface area (Å²) >= 11 is 1.70. The van der Waals surface area contributed by atoms with E-state index in [1.165, 1.54) is 4.88 Å². The van der Waals surface area contributed by atoms with Crippen LogP contribution in [0.15, 0.2) is 12.4 Å². The summed E-state index contributed by atoms with van der Waals surface area (Å²) in [5.74, 6) is 0.883. The Morgan fingerprint density at radius 3 is 2.89 bits per heavy atom. The van der Waals surface area contributed by atoms with Crippen molar-refractivity contribution in [3.05, 3.63) is 28.0 Å². The summed E-state index contributed by atoms with van der Waals surface area (Å²) in [7, 11) is 1.72. The van der Waals surface area contributed by atoms with E-state index in [1.807, 2.05) is 26.2 Å². The van der Waals surface area contributed by atoms with Gasteiger partial charge in [0.25, 0.3) is 0 Å². The highest BCUT2D eigenvalue weighted by Crippen LogP contribution is 2.18. The fourth-order valence-electron chi connectivity index (χ4n) is 1.96. The van der Waals surface area contributed by atoms with Gasteiger partial charge in [-0.05, 0) is 20.8 Å². The van der Waals surface area contributed by atoms with Crippen molar-refractivity contribution in [3.8, 4) is 0 Å². The van der Waals surface area contributed by atoms with Crippen LogP contribution in [0.3, 0.4) is 0 Å². The first-order valence-electron chi connectivity index (χ1n) is 6.29. The van der Waals surface area contributed by atoms with Crippen LogP contribution < -0.4 is 5.32 Å². The normalized spacial score (nSPS) is 12.6. The van der Waals surface area contributed by atoms with Crippen LogP contribution in [0.25, 0.3) is 0 Å². The molecule has 0 saturated heterocycles. The van der Waals surface area contributed by atoms with E-state index in [2.05, 4.69) is 26.8 Å². The minimum Gasteiger partial charge on any atom is -0.383 e. The molecule has 1 atom stereocenters. The number of nitrogens with one attached hydrogen (secondary N) is 1. The van der Waals surface area contributed by atoms with Crippen molar-refractivity contribution in [1.29, 1.82) is 0 Å². The monoisotopic (exact) mass is 280 g/mol. The summed E-state index contributed by atoms with van der Waals surface area (Å²) in [6.45, 7) is 7.55. The fourth-order valence-corrected chi connectivity index (χ4v) is 2.69.